The first-order valence-electron chi connectivity index (χ1n) is 7.47. The summed E-state index contributed by atoms with van der Waals surface area (Å²) in [6.45, 7) is 14.5. The molecular weight excluding hydrogens is 236 g/mol. The zero-order valence-corrected chi connectivity index (χ0v) is 13.2. The van der Waals surface area contributed by atoms with Crippen molar-refractivity contribution in [2.45, 2.75) is 45.7 Å². The maximum absolute atomic E-state index is 9.23. The predicted molar refractivity (Wildman–Crippen MR) is 80.0 cm³/mol. The van der Waals surface area contributed by atoms with Crippen LogP contribution in [-0.4, -0.2) is 61.2 Å². The standard InChI is InChI=1S/C15H30N4/c1-13(2)11-18-6-8-19(9-7-18)14(3)10-15(4,12-16)17-5/h13-14,17H,6-11H2,1-5H3. The Morgan fingerprint density at radius 3 is 2.21 bits per heavy atom. The summed E-state index contributed by atoms with van der Waals surface area (Å²) >= 11 is 0. The fraction of sp³-hybridized carbons (Fsp3) is 0.933. The van der Waals surface area contributed by atoms with E-state index in [1.54, 1.807) is 0 Å². The summed E-state index contributed by atoms with van der Waals surface area (Å²) in [4.78, 5) is 5.07. The first-order chi connectivity index (χ1) is 8.90. The number of rotatable bonds is 6. The van der Waals surface area contributed by atoms with Gasteiger partial charge in [0.25, 0.3) is 0 Å². The van der Waals surface area contributed by atoms with Crippen molar-refractivity contribution in [2.75, 3.05) is 39.8 Å². The highest BCUT2D eigenvalue weighted by atomic mass is 15.3. The van der Waals surface area contributed by atoms with Gasteiger partial charge in [-0.3, -0.25) is 4.90 Å². The molecular formula is C15H30N4. The van der Waals surface area contributed by atoms with Gasteiger partial charge in [-0.05, 0) is 33.2 Å². The molecule has 1 rings (SSSR count). The molecule has 2 atom stereocenters. The van der Waals surface area contributed by atoms with Crippen molar-refractivity contribution >= 4 is 0 Å². The molecule has 0 aromatic carbocycles. The molecule has 1 aliphatic heterocycles. The molecule has 0 bridgehead atoms. The normalized spacial score (nSPS) is 23.0. The third kappa shape index (κ3) is 5.10. The van der Waals surface area contributed by atoms with E-state index in [1.807, 2.05) is 14.0 Å². The van der Waals surface area contributed by atoms with Crippen LogP contribution in [0.15, 0.2) is 0 Å². The van der Waals surface area contributed by atoms with E-state index in [9.17, 15) is 5.26 Å². The van der Waals surface area contributed by atoms with E-state index in [1.165, 1.54) is 6.54 Å². The highest BCUT2D eigenvalue weighted by Crippen LogP contribution is 2.17. The van der Waals surface area contributed by atoms with Crippen LogP contribution in [0.3, 0.4) is 0 Å². The second kappa shape index (κ2) is 7.23. The van der Waals surface area contributed by atoms with E-state index in [4.69, 9.17) is 0 Å². The minimum absolute atomic E-state index is 0.408. The topological polar surface area (TPSA) is 42.3 Å². The first kappa shape index (κ1) is 16.4. The van der Waals surface area contributed by atoms with Crippen LogP contribution in [0, 0.1) is 17.2 Å². The monoisotopic (exact) mass is 266 g/mol. The lowest BCUT2D eigenvalue weighted by Gasteiger charge is -2.40. The molecule has 0 spiro atoms. The van der Waals surface area contributed by atoms with Gasteiger partial charge in [0.1, 0.15) is 5.54 Å². The number of hydrogen-bond donors (Lipinski definition) is 1. The second-order valence-electron chi connectivity index (χ2n) is 6.48. The Morgan fingerprint density at radius 2 is 1.79 bits per heavy atom. The molecule has 0 saturated carbocycles. The zero-order chi connectivity index (χ0) is 14.5. The number of nitrogens with one attached hydrogen (secondary N) is 1. The minimum atomic E-state index is -0.408. The molecule has 0 amide bonds. The van der Waals surface area contributed by atoms with Gasteiger partial charge in [0.2, 0.25) is 0 Å². The summed E-state index contributed by atoms with van der Waals surface area (Å²) in [5.74, 6) is 0.746. The molecule has 1 aliphatic rings. The molecule has 0 aromatic rings. The van der Waals surface area contributed by atoms with Crippen molar-refractivity contribution in [1.29, 1.82) is 5.26 Å². The van der Waals surface area contributed by atoms with Gasteiger partial charge in [0, 0.05) is 38.8 Å². The predicted octanol–water partition coefficient (Wildman–Crippen LogP) is 1.54. The van der Waals surface area contributed by atoms with Gasteiger partial charge in [-0.15, -0.1) is 0 Å². The average molecular weight is 266 g/mol. The highest BCUT2D eigenvalue weighted by Gasteiger charge is 2.29. The highest BCUT2D eigenvalue weighted by molar-refractivity contribution is 5.04. The lowest BCUT2D eigenvalue weighted by atomic mass is 9.94. The molecule has 0 radical (unpaired) electrons. The van der Waals surface area contributed by atoms with Gasteiger partial charge < -0.3 is 10.2 Å². The Bertz CT molecular complexity index is 302. The van der Waals surface area contributed by atoms with Gasteiger partial charge in [0.05, 0.1) is 6.07 Å². The SMILES string of the molecule is CNC(C)(C#N)CC(C)N1CCN(CC(C)C)CC1. The van der Waals surface area contributed by atoms with Crippen LogP contribution in [0.2, 0.25) is 0 Å². The van der Waals surface area contributed by atoms with Gasteiger partial charge >= 0.3 is 0 Å². The molecule has 4 heteroatoms. The van der Waals surface area contributed by atoms with Crippen molar-refractivity contribution in [1.82, 2.24) is 15.1 Å². The lowest BCUT2D eigenvalue weighted by Crippen LogP contribution is -2.53. The van der Waals surface area contributed by atoms with Gasteiger partial charge in [-0.25, -0.2) is 0 Å². The maximum Gasteiger partial charge on any atom is 0.105 e. The van der Waals surface area contributed by atoms with E-state index >= 15 is 0 Å². The zero-order valence-electron chi connectivity index (χ0n) is 13.2. The van der Waals surface area contributed by atoms with Gasteiger partial charge in [0.15, 0.2) is 0 Å². The molecule has 1 saturated heterocycles. The van der Waals surface area contributed by atoms with Crippen molar-refractivity contribution < 1.29 is 0 Å². The first-order valence-corrected chi connectivity index (χ1v) is 7.47. The van der Waals surface area contributed by atoms with Crippen LogP contribution in [-0.2, 0) is 0 Å². The molecule has 1 N–H and O–H groups in total. The molecule has 0 aromatic heterocycles. The van der Waals surface area contributed by atoms with Crippen molar-refractivity contribution in [3.63, 3.8) is 0 Å². The molecule has 19 heavy (non-hydrogen) atoms. The number of nitriles is 1. The average Bonchev–Trinajstić information content (AvgIpc) is 2.38. The summed E-state index contributed by atoms with van der Waals surface area (Å²) in [6.07, 6.45) is 0.879. The Kier molecular flexibility index (Phi) is 6.25. The van der Waals surface area contributed by atoms with Crippen molar-refractivity contribution in [2.24, 2.45) is 5.92 Å². The van der Waals surface area contributed by atoms with Gasteiger partial charge in [-0.1, -0.05) is 13.8 Å². The van der Waals surface area contributed by atoms with E-state index < -0.39 is 5.54 Å². The van der Waals surface area contributed by atoms with E-state index in [-0.39, 0.29) is 0 Å². The summed E-state index contributed by atoms with van der Waals surface area (Å²) in [5.41, 5.74) is -0.408. The van der Waals surface area contributed by atoms with Crippen LogP contribution >= 0.6 is 0 Å². The Hall–Kier alpha value is -0.630. The summed E-state index contributed by atoms with van der Waals surface area (Å²) in [6, 6.07) is 2.84. The van der Waals surface area contributed by atoms with Crippen LogP contribution < -0.4 is 5.32 Å². The maximum atomic E-state index is 9.23. The number of hydrogen-bond acceptors (Lipinski definition) is 4. The molecule has 4 nitrogen and oxygen atoms in total. The van der Waals surface area contributed by atoms with Crippen molar-refractivity contribution in [3.8, 4) is 6.07 Å². The largest absolute Gasteiger partial charge is 0.303 e. The van der Waals surface area contributed by atoms with Crippen LogP contribution in [0.25, 0.3) is 0 Å². The van der Waals surface area contributed by atoms with Gasteiger partial charge in [-0.2, -0.15) is 5.26 Å². The Balaban J connectivity index is 2.41. The number of nitrogens with zero attached hydrogens (tertiary/aromatic N) is 3. The molecule has 2 unspecified atom stereocenters. The minimum Gasteiger partial charge on any atom is -0.303 e. The van der Waals surface area contributed by atoms with E-state index in [0.29, 0.717) is 6.04 Å². The third-order valence-corrected chi connectivity index (χ3v) is 4.16. The molecule has 1 fully saturated rings. The molecule has 0 aliphatic carbocycles. The fourth-order valence-corrected chi connectivity index (χ4v) is 2.83. The fourth-order valence-electron chi connectivity index (χ4n) is 2.83. The van der Waals surface area contributed by atoms with Crippen LogP contribution in [0.4, 0.5) is 0 Å². The summed E-state index contributed by atoms with van der Waals surface area (Å²) in [5, 5.41) is 12.4. The third-order valence-electron chi connectivity index (χ3n) is 4.16. The quantitative estimate of drug-likeness (QED) is 0.792. The summed E-state index contributed by atoms with van der Waals surface area (Å²) in [7, 11) is 1.87. The summed E-state index contributed by atoms with van der Waals surface area (Å²) < 4.78 is 0. The lowest BCUT2D eigenvalue weighted by molar-refractivity contribution is 0.0848. The number of piperazine rings is 1. The van der Waals surface area contributed by atoms with Crippen molar-refractivity contribution in [3.05, 3.63) is 0 Å². The van der Waals surface area contributed by atoms with Crippen LogP contribution in [0.1, 0.15) is 34.1 Å². The Morgan fingerprint density at radius 1 is 1.21 bits per heavy atom. The van der Waals surface area contributed by atoms with E-state index in [0.717, 1.165) is 38.5 Å². The molecule has 1 heterocycles. The Labute approximate surface area is 118 Å². The second-order valence-corrected chi connectivity index (χ2v) is 6.48. The van der Waals surface area contributed by atoms with Crippen LogP contribution in [0.5, 0.6) is 0 Å². The van der Waals surface area contributed by atoms with E-state index in [2.05, 4.69) is 42.0 Å². The smallest absolute Gasteiger partial charge is 0.105 e. The molecule has 110 valence electrons.